The van der Waals surface area contributed by atoms with Crippen molar-refractivity contribution in [2.24, 2.45) is 41.2 Å². The molecule has 3 saturated carbocycles. The molecule has 8 fully saturated rings. The number of urea groups is 3. The fraction of sp³-hybridized carbons (Fsp3) is 0.759. The first-order chi connectivity index (χ1) is 35.5. The van der Waals surface area contributed by atoms with Crippen LogP contribution < -0.4 is 16.4 Å². The number of nitrogens with one attached hydrogen (secondary N) is 2. The molecule has 0 bridgehead atoms. The van der Waals surface area contributed by atoms with Crippen molar-refractivity contribution in [1.29, 1.82) is 10.5 Å². The molecular weight excluding hydrogens is 991 g/mol. The van der Waals surface area contributed by atoms with E-state index in [9.17, 15) is 32.4 Å². The third kappa shape index (κ3) is 15.1. The van der Waals surface area contributed by atoms with Gasteiger partial charge in [0.2, 0.25) is 11.8 Å². The number of hydrogen-bond donors (Lipinski definition) is 4. The Morgan fingerprint density at radius 2 is 0.908 bits per heavy atom. The van der Waals surface area contributed by atoms with Crippen molar-refractivity contribution >= 4 is 40.0 Å². The van der Waals surface area contributed by atoms with Crippen molar-refractivity contribution in [3.63, 3.8) is 0 Å². The highest BCUT2D eigenvalue weighted by Crippen LogP contribution is 2.46. The summed E-state index contributed by atoms with van der Waals surface area (Å²) in [6.45, 7) is 15.4. The number of nitrogens with two attached hydrogens (primary N) is 1. The van der Waals surface area contributed by atoms with Crippen LogP contribution in [0.2, 0.25) is 0 Å². The molecule has 8 aliphatic rings. The summed E-state index contributed by atoms with van der Waals surface area (Å²) in [5.74, 6) is 3.36. The van der Waals surface area contributed by atoms with Gasteiger partial charge in [-0.05, 0) is 140 Å². The number of nitriles is 2. The van der Waals surface area contributed by atoms with Gasteiger partial charge in [-0.3, -0.25) is 14.1 Å². The minimum absolute atomic E-state index is 0.00257. The van der Waals surface area contributed by atoms with Crippen LogP contribution in [0.4, 0.5) is 14.4 Å². The standard InChI is InChI=1S/2C18H29N5O2.C11H21N3O.C7H8O3S/c2*1-18(20-10-16(24)23-6-4-5-15(23)9-19)7-13-11-22(12-14(13)8-18)17(25)21(2)3;1-11(12)4-8-6-14(7-9(8)5-11)10(15)13(2)3;1-6-2-4-7(5-3-6)11(8,9)10/h2*13-15,20H,4-8,10-12H2,1-3H3;8-9H,4-7,12H2,1-3H3;2-5H,1H3,(H,8,9,10)/t2*13-,14+,15-,18?;8-,9+,11?;/m00../s1. The topological polar surface area (TPSA) is 263 Å². The van der Waals surface area contributed by atoms with Gasteiger partial charge in [0.05, 0.1) is 30.1 Å². The van der Waals surface area contributed by atoms with Crippen LogP contribution in [0.15, 0.2) is 29.2 Å². The van der Waals surface area contributed by atoms with Crippen LogP contribution in [0.1, 0.15) is 90.5 Å². The average Bonchev–Trinajstić information content (AvgIpc) is 4.23. The van der Waals surface area contributed by atoms with Crippen LogP contribution >= 0.6 is 0 Å². The fourth-order valence-electron chi connectivity index (χ4n) is 13.5. The molecule has 9 rings (SSSR count). The Bertz CT molecular complexity index is 2300. The summed E-state index contributed by atoms with van der Waals surface area (Å²) >= 11 is 0. The number of benzene rings is 1. The minimum atomic E-state index is -4.02. The lowest BCUT2D eigenvalue weighted by atomic mass is 9.98. The molecule has 0 spiro atoms. The van der Waals surface area contributed by atoms with Crippen molar-refractivity contribution in [1.82, 2.24) is 49.8 Å². The van der Waals surface area contributed by atoms with Gasteiger partial charge in [-0.1, -0.05) is 17.7 Å². The summed E-state index contributed by atoms with van der Waals surface area (Å²) in [7, 11) is 6.77. The quantitative estimate of drug-likeness (QED) is 0.284. The van der Waals surface area contributed by atoms with E-state index in [0.717, 1.165) is 109 Å². The Morgan fingerprint density at radius 1 is 0.605 bits per heavy atom. The van der Waals surface area contributed by atoms with E-state index in [1.807, 2.05) is 35.7 Å². The molecule has 22 heteroatoms. The van der Waals surface area contributed by atoms with Crippen LogP contribution in [0.25, 0.3) is 0 Å². The van der Waals surface area contributed by atoms with Crippen LogP contribution in [0.5, 0.6) is 0 Å². The maximum atomic E-state index is 12.4. The van der Waals surface area contributed by atoms with Crippen LogP contribution in [0.3, 0.4) is 0 Å². The van der Waals surface area contributed by atoms with Crippen molar-refractivity contribution < 1.29 is 36.9 Å². The van der Waals surface area contributed by atoms with Crippen LogP contribution in [-0.4, -0.2) is 219 Å². The molecule has 1 aromatic carbocycles. The predicted octanol–water partition coefficient (Wildman–Crippen LogP) is 3.71. The lowest BCUT2D eigenvalue weighted by Crippen LogP contribution is -2.48. The fourth-order valence-corrected chi connectivity index (χ4v) is 13.9. The zero-order chi connectivity index (χ0) is 56.1. The number of aryl methyl sites for hydroxylation is 1. The third-order valence-corrected chi connectivity index (χ3v) is 18.0. The summed E-state index contributed by atoms with van der Waals surface area (Å²) in [6, 6.07) is 10.3. The van der Waals surface area contributed by atoms with E-state index >= 15 is 0 Å². The number of carbonyl (C=O) groups is 5. The first-order valence-corrected chi connectivity index (χ1v) is 28.6. The van der Waals surface area contributed by atoms with Gasteiger partial charge in [-0.15, -0.1) is 0 Å². The Morgan fingerprint density at radius 3 is 1.18 bits per heavy atom. The van der Waals surface area contributed by atoms with E-state index in [0.29, 0.717) is 61.7 Å². The zero-order valence-corrected chi connectivity index (χ0v) is 47.6. The maximum Gasteiger partial charge on any atom is 0.319 e. The van der Waals surface area contributed by atoms with Gasteiger partial charge in [0.25, 0.3) is 10.1 Å². The van der Waals surface area contributed by atoms with Crippen LogP contribution in [-0.2, 0) is 19.7 Å². The van der Waals surface area contributed by atoms with E-state index in [-0.39, 0.29) is 63.5 Å². The Kier molecular flexibility index (Phi) is 19.4. The van der Waals surface area contributed by atoms with Gasteiger partial charge in [0.15, 0.2) is 0 Å². The molecule has 5 heterocycles. The molecule has 3 unspecified atom stereocenters. The molecule has 422 valence electrons. The van der Waals surface area contributed by atoms with E-state index in [4.69, 9.17) is 20.8 Å². The second-order valence-electron chi connectivity index (χ2n) is 24.6. The number of amides is 8. The molecule has 0 aromatic heterocycles. The van der Waals surface area contributed by atoms with E-state index in [1.165, 1.54) is 12.1 Å². The van der Waals surface area contributed by atoms with Crippen LogP contribution in [0, 0.1) is 65.1 Å². The van der Waals surface area contributed by atoms with Gasteiger partial charge in [-0.25, -0.2) is 14.4 Å². The number of nitrogens with zero attached hydrogens (tertiary/aromatic N) is 10. The summed E-state index contributed by atoms with van der Waals surface area (Å²) in [4.78, 5) is 75.0. The highest BCUT2D eigenvalue weighted by molar-refractivity contribution is 7.85. The summed E-state index contributed by atoms with van der Waals surface area (Å²) in [5, 5.41) is 25.2. The van der Waals surface area contributed by atoms with Crippen molar-refractivity contribution in [2.45, 2.75) is 125 Å². The second-order valence-corrected chi connectivity index (χ2v) is 26.0. The summed E-state index contributed by atoms with van der Waals surface area (Å²) in [6.07, 6.45) is 9.51. The number of fused-ring (bicyclic) bond motifs is 3. The molecule has 5 N–H and O–H groups in total. The van der Waals surface area contributed by atoms with E-state index in [2.05, 4.69) is 43.5 Å². The normalized spacial score (nSPS) is 31.8. The summed E-state index contributed by atoms with van der Waals surface area (Å²) < 4.78 is 29.6. The first kappa shape index (κ1) is 60.0. The molecule has 21 nitrogen and oxygen atoms in total. The number of hydrogen-bond acceptors (Lipinski definition) is 12. The molecule has 0 radical (unpaired) electrons. The van der Waals surface area contributed by atoms with Gasteiger partial charge in [0, 0.05) is 111 Å². The zero-order valence-electron chi connectivity index (χ0n) is 46.8. The molecule has 3 aliphatic carbocycles. The largest absolute Gasteiger partial charge is 0.331 e. The summed E-state index contributed by atoms with van der Waals surface area (Å²) in [5.41, 5.74) is 6.98. The molecule has 11 atom stereocenters. The van der Waals surface area contributed by atoms with Gasteiger partial charge < -0.3 is 55.6 Å². The maximum absolute atomic E-state index is 12.4. The van der Waals surface area contributed by atoms with Gasteiger partial charge in [-0.2, -0.15) is 18.9 Å². The molecule has 1 aromatic rings. The SMILES string of the molecule is CN(C)C(=O)N1C[C@@H]2CC(C)(N)C[C@@H]2C1.CN(C)C(=O)N1C[C@@H]2CC(C)(NCC(=O)N3CCC[C@H]3C#N)C[C@@H]2C1.CN(C)C(=O)N1C[C@@H]2CC(C)(NCC(=O)N3CCC[C@H]3C#N)C[C@@H]2C1.Cc1ccc(S(=O)(=O)O)cc1. The van der Waals surface area contributed by atoms with E-state index < -0.39 is 10.1 Å². The molecule has 76 heavy (non-hydrogen) atoms. The first-order valence-electron chi connectivity index (χ1n) is 27.1. The molecular formula is C54H87N13O8S. The Labute approximate surface area is 452 Å². The van der Waals surface area contributed by atoms with Crippen molar-refractivity contribution in [3.05, 3.63) is 29.8 Å². The van der Waals surface area contributed by atoms with Crippen molar-refractivity contribution in [3.8, 4) is 12.1 Å². The molecule has 5 saturated heterocycles. The predicted molar refractivity (Wildman–Crippen MR) is 288 cm³/mol. The van der Waals surface area contributed by atoms with E-state index in [1.54, 1.807) is 64.8 Å². The monoisotopic (exact) mass is 1080 g/mol. The Balaban J connectivity index is 0.000000172. The number of rotatable bonds is 7. The smallest absolute Gasteiger partial charge is 0.319 e. The Hall–Kier alpha value is -5.26. The lowest BCUT2D eigenvalue weighted by Gasteiger charge is -2.30. The number of likely N-dealkylation sites (tertiary alicyclic amines) is 5. The highest BCUT2D eigenvalue weighted by atomic mass is 32.2. The third-order valence-electron chi connectivity index (χ3n) is 17.1. The lowest BCUT2D eigenvalue weighted by molar-refractivity contribution is -0.131. The minimum Gasteiger partial charge on any atom is -0.331 e. The highest BCUT2D eigenvalue weighted by Gasteiger charge is 2.50. The second kappa shape index (κ2) is 24.6. The average molecular weight is 1080 g/mol. The number of carbonyl (C=O) groups excluding carboxylic acids is 5. The van der Waals surface area contributed by atoms with Gasteiger partial charge in [0.1, 0.15) is 12.1 Å². The molecule has 5 aliphatic heterocycles. The molecule has 8 amide bonds. The van der Waals surface area contributed by atoms with Gasteiger partial charge >= 0.3 is 18.1 Å². The van der Waals surface area contributed by atoms with Crippen molar-refractivity contribution in [2.75, 3.05) is 108 Å².